The second-order valence-electron chi connectivity index (χ2n) is 5.96. The summed E-state index contributed by atoms with van der Waals surface area (Å²) in [5.41, 5.74) is 3.35. The van der Waals surface area contributed by atoms with Crippen LogP contribution in [0.25, 0.3) is 0 Å². The highest BCUT2D eigenvalue weighted by atomic mass is 16.5. The topological polar surface area (TPSA) is 101 Å². The summed E-state index contributed by atoms with van der Waals surface area (Å²) in [7, 11) is 0. The van der Waals surface area contributed by atoms with Gasteiger partial charge in [0, 0.05) is 23.1 Å². The van der Waals surface area contributed by atoms with Crippen molar-refractivity contribution in [2.75, 3.05) is 4.90 Å². The van der Waals surface area contributed by atoms with Crippen molar-refractivity contribution < 1.29 is 9.53 Å². The molecule has 0 saturated heterocycles. The third-order valence-corrected chi connectivity index (χ3v) is 4.04. The minimum Gasteiger partial charge on any atom is -0.426 e. The van der Waals surface area contributed by atoms with Crippen LogP contribution in [0.5, 0.6) is 5.75 Å². The van der Waals surface area contributed by atoms with E-state index < -0.39 is 5.97 Å². The first-order valence-electron chi connectivity index (χ1n) is 8.63. The Balaban J connectivity index is 2.05. The van der Waals surface area contributed by atoms with E-state index in [1.807, 2.05) is 35.2 Å². The first-order valence-corrected chi connectivity index (χ1v) is 8.63. The van der Waals surface area contributed by atoms with Crippen LogP contribution in [-0.4, -0.2) is 5.97 Å². The van der Waals surface area contributed by atoms with Crippen LogP contribution in [0, 0.1) is 34.0 Å². The van der Waals surface area contributed by atoms with Crippen LogP contribution >= 0.6 is 0 Å². The van der Waals surface area contributed by atoms with E-state index in [0.29, 0.717) is 22.6 Å². The molecule has 0 atom stereocenters. The van der Waals surface area contributed by atoms with Crippen molar-refractivity contribution in [3.8, 4) is 24.0 Å². The lowest BCUT2D eigenvalue weighted by atomic mass is 10.1. The Kier molecular flexibility index (Phi) is 5.86. The molecule has 0 spiro atoms. The lowest BCUT2D eigenvalue weighted by Crippen LogP contribution is -2.11. The van der Waals surface area contributed by atoms with Crippen molar-refractivity contribution >= 4 is 23.0 Å². The second kappa shape index (κ2) is 8.86. The van der Waals surface area contributed by atoms with E-state index in [2.05, 4.69) is 12.1 Å². The lowest BCUT2D eigenvalue weighted by Gasteiger charge is -2.25. The Morgan fingerprint density at radius 1 is 0.793 bits per heavy atom. The van der Waals surface area contributed by atoms with Gasteiger partial charge in [0.05, 0.1) is 29.3 Å². The molecule has 0 aliphatic rings. The fourth-order valence-electron chi connectivity index (χ4n) is 2.74. The van der Waals surface area contributed by atoms with Crippen LogP contribution in [0.15, 0.2) is 72.8 Å². The number of hydrogen-bond donors (Lipinski definition) is 0. The number of nitriles is 3. The smallest absolute Gasteiger partial charge is 0.325 e. The van der Waals surface area contributed by atoms with Gasteiger partial charge in [0.25, 0.3) is 0 Å². The van der Waals surface area contributed by atoms with Crippen LogP contribution in [0.2, 0.25) is 0 Å². The maximum atomic E-state index is 11.7. The standard InChI is InChI=1S/C23H14N4O2/c24-13-12-23(28)29-22-3-1-2-21(14-22)27(19-8-4-17(15-25)5-9-19)20-10-6-18(16-26)7-11-20/h1-11,14H,12H2. The van der Waals surface area contributed by atoms with Crippen molar-refractivity contribution in [1.82, 2.24) is 0 Å². The molecule has 3 aromatic rings. The molecule has 6 nitrogen and oxygen atoms in total. The summed E-state index contributed by atoms with van der Waals surface area (Å²) in [6.07, 6.45) is -0.334. The molecule has 3 aromatic carbocycles. The van der Waals surface area contributed by atoms with Crippen molar-refractivity contribution in [3.63, 3.8) is 0 Å². The number of nitrogens with zero attached hydrogens (tertiary/aromatic N) is 4. The van der Waals surface area contributed by atoms with Crippen molar-refractivity contribution in [1.29, 1.82) is 15.8 Å². The molecule has 0 bridgehead atoms. The van der Waals surface area contributed by atoms with Gasteiger partial charge in [-0.3, -0.25) is 4.79 Å². The van der Waals surface area contributed by atoms with Crippen LogP contribution in [-0.2, 0) is 4.79 Å². The van der Waals surface area contributed by atoms with Gasteiger partial charge in [-0.05, 0) is 60.7 Å². The molecule has 0 unspecified atom stereocenters. The van der Waals surface area contributed by atoms with Gasteiger partial charge in [-0.1, -0.05) is 6.07 Å². The fraction of sp³-hybridized carbons (Fsp3) is 0.0435. The summed E-state index contributed by atoms with van der Waals surface area (Å²) < 4.78 is 5.22. The molecule has 0 aliphatic carbocycles. The highest BCUT2D eigenvalue weighted by Crippen LogP contribution is 2.36. The number of anilines is 3. The molecule has 3 rings (SSSR count). The van der Waals surface area contributed by atoms with Crippen molar-refractivity contribution in [2.45, 2.75) is 6.42 Å². The number of benzene rings is 3. The zero-order valence-corrected chi connectivity index (χ0v) is 15.2. The Bertz CT molecular complexity index is 1090. The fourth-order valence-corrected chi connectivity index (χ4v) is 2.74. The number of hydrogen-bond acceptors (Lipinski definition) is 6. The zero-order valence-electron chi connectivity index (χ0n) is 15.2. The van der Waals surface area contributed by atoms with Gasteiger partial charge in [0.1, 0.15) is 12.2 Å². The third-order valence-electron chi connectivity index (χ3n) is 4.04. The number of ether oxygens (including phenoxy) is 1. The maximum Gasteiger partial charge on any atom is 0.325 e. The third kappa shape index (κ3) is 4.57. The minimum atomic E-state index is -0.632. The Labute approximate surface area is 168 Å². The number of carbonyl (C=O) groups excluding carboxylic acids is 1. The quantitative estimate of drug-likeness (QED) is 0.470. The summed E-state index contributed by atoms with van der Waals surface area (Å²) in [5.74, 6) is -0.317. The Morgan fingerprint density at radius 3 is 1.83 bits per heavy atom. The molecule has 29 heavy (non-hydrogen) atoms. The number of carbonyl (C=O) groups is 1. The molecule has 0 heterocycles. The molecule has 0 saturated carbocycles. The molecule has 0 fully saturated rings. The molecular weight excluding hydrogens is 364 g/mol. The van der Waals surface area contributed by atoms with Crippen LogP contribution in [0.1, 0.15) is 17.5 Å². The second-order valence-corrected chi connectivity index (χ2v) is 5.96. The molecule has 0 radical (unpaired) electrons. The average Bonchev–Trinajstić information content (AvgIpc) is 2.75. The monoisotopic (exact) mass is 378 g/mol. The first kappa shape index (κ1) is 19.2. The van der Waals surface area contributed by atoms with E-state index in [1.54, 1.807) is 48.5 Å². The average molecular weight is 378 g/mol. The molecule has 0 aliphatic heterocycles. The predicted molar refractivity (Wildman–Crippen MR) is 106 cm³/mol. The molecule has 6 heteroatoms. The van der Waals surface area contributed by atoms with Crippen molar-refractivity contribution in [2.24, 2.45) is 0 Å². The van der Waals surface area contributed by atoms with Gasteiger partial charge >= 0.3 is 5.97 Å². The van der Waals surface area contributed by atoms with Crippen molar-refractivity contribution in [3.05, 3.63) is 83.9 Å². The Hall–Kier alpha value is -4.60. The van der Waals surface area contributed by atoms with Crippen LogP contribution in [0.3, 0.4) is 0 Å². The van der Waals surface area contributed by atoms with Gasteiger partial charge in [0.15, 0.2) is 0 Å². The maximum absolute atomic E-state index is 11.7. The van der Waals surface area contributed by atoms with Gasteiger partial charge in [-0.15, -0.1) is 0 Å². The zero-order chi connectivity index (χ0) is 20.6. The predicted octanol–water partition coefficient (Wildman–Crippen LogP) is 4.72. The van der Waals surface area contributed by atoms with E-state index in [9.17, 15) is 4.79 Å². The van der Waals surface area contributed by atoms with E-state index >= 15 is 0 Å². The number of rotatable bonds is 5. The molecule has 0 aromatic heterocycles. The number of esters is 1. The summed E-state index contributed by atoms with van der Waals surface area (Å²) in [6, 6.07) is 26.9. The molecule has 138 valence electrons. The molecule has 0 N–H and O–H groups in total. The van der Waals surface area contributed by atoms with Gasteiger partial charge in [0.2, 0.25) is 0 Å². The van der Waals surface area contributed by atoms with E-state index in [0.717, 1.165) is 11.4 Å². The van der Waals surface area contributed by atoms with Gasteiger partial charge in [-0.25, -0.2) is 0 Å². The van der Waals surface area contributed by atoms with Gasteiger partial charge < -0.3 is 9.64 Å². The van der Waals surface area contributed by atoms with Crippen LogP contribution < -0.4 is 9.64 Å². The molecule has 0 amide bonds. The summed E-state index contributed by atoms with van der Waals surface area (Å²) >= 11 is 0. The Morgan fingerprint density at radius 2 is 1.34 bits per heavy atom. The lowest BCUT2D eigenvalue weighted by molar-refractivity contribution is -0.133. The SMILES string of the molecule is N#CCC(=O)Oc1cccc(N(c2ccc(C#N)cc2)c2ccc(C#N)cc2)c1. The normalized spacial score (nSPS) is 9.55. The highest BCUT2D eigenvalue weighted by Gasteiger charge is 2.14. The van der Waals surface area contributed by atoms with E-state index in [-0.39, 0.29) is 6.42 Å². The van der Waals surface area contributed by atoms with E-state index in [4.69, 9.17) is 20.5 Å². The van der Waals surface area contributed by atoms with Gasteiger partial charge in [-0.2, -0.15) is 15.8 Å². The summed E-state index contributed by atoms with van der Waals surface area (Å²) in [6.45, 7) is 0. The first-order chi connectivity index (χ1) is 14.1. The highest BCUT2D eigenvalue weighted by molar-refractivity contribution is 5.79. The van der Waals surface area contributed by atoms with E-state index in [1.165, 1.54) is 0 Å². The largest absolute Gasteiger partial charge is 0.426 e. The van der Waals surface area contributed by atoms with Crippen LogP contribution in [0.4, 0.5) is 17.1 Å². The molecular formula is C23H14N4O2. The summed E-state index contributed by atoms with van der Waals surface area (Å²) in [5, 5.41) is 26.7. The summed E-state index contributed by atoms with van der Waals surface area (Å²) in [4.78, 5) is 13.6. The minimum absolute atomic E-state index is 0.315.